The molecule has 4 rings (SSSR count). The van der Waals surface area contributed by atoms with E-state index >= 15 is 0 Å². The van der Waals surface area contributed by atoms with Crippen LogP contribution in [0, 0.1) is 0 Å². The summed E-state index contributed by atoms with van der Waals surface area (Å²) >= 11 is 6.26. The molecule has 4 aromatic rings. The van der Waals surface area contributed by atoms with Gasteiger partial charge in [0.2, 0.25) is 0 Å². The van der Waals surface area contributed by atoms with Gasteiger partial charge in [-0.05, 0) is 17.7 Å². The highest BCUT2D eigenvalue weighted by Crippen LogP contribution is 2.23. The summed E-state index contributed by atoms with van der Waals surface area (Å²) in [6.07, 6.45) is 5.23. The van der Waals surface area contributed by atoms with Crippen LogP contribution in [0.3, 0.4) is 0 Å². The summed E-state index contributed by atoms with van der Waals surface area (Å²) in [7, 11) is 1.65. The SMILES string of the molecule is COc1ccc(Cn2cc3nc(-c4cn[nH]c4)nc(Cl)c3n2)cc1. The van der Waals surface area contributed by atoms with Gasteiger partial charge in [0.15, 0.2) is 11.0 Å². The van der Waals surface area contributed by atoms with Gasteiger partial charge in [-0.15, -0.1) is 0 Å². The molecule has 0 radical (unpaired) electrons. The minimum atomic E-state index is 0.324. The Hall–Kier alpha value is -2.93. The van der Waals surface area contributed by atoms with Gasteiger partial charge in [-0.1, -0.05) is 23.7 Å². The largest absolute Gasteiger partial charge is 0.497 e. The lowest BCUT2D eigenvalue weighted by Gasteiger charge is -2.03. The summed E-state index contributed by atoms with van der Waals surface area (Å²) in [5.41, 5.74) is 3.15. The molecule has 0 unspecified atom stereocenters. The molecular weight excluding hydrogens is 328 g/mol. The Labute approximate surface area is 142 Å². The van der Waals surface area contributed by atoms with Crippen LogP contribution < -0.4 is 4.74 Å². The first kappa shape index (κ1) is 14.6. The molecule has 0 aliphatic rings. The van der Waals surface area contributed by atoms with Crippen LogP contribution in [0.1, 0.15) is 5.56 Å². The van der Waals surface area contributed by atoms with Crippen LogP contribution in [0.2, 0.25) is 5.15 Å². The highest BCUT2D eigenvalue weighted by molar-refractivity contribution is 6.33. The molecule has 24 heavy (non-hydrogen) atoms. The normalized spacial score (nSPS) is 11.1. The molecule has 0 saturated heterocycles. The zero-order valence-electron chi connectivity index (χ0n) is 12.8. The molecule has 1 aromatic carbocycles. The summed E-state index contributed by atoms with van der Waals surface area (Å²) in [6, 6.07) is 7.83. The smallest absolute Gasteiger partial charge is 0.164 e. The van der Waals surface area contributed by atoms with Crippen molar-refractivity contribution in [2.45, 2.75) is 6.54 Å². The van der Waals surface area contributed by atoms with Crippen LogP contribution in [-0.2, 0) is 6.54 Å². The zero-order valence-corrected chi connectivity index (χ0v) is 13.5. The van der Waals surface area contributed by atoms with Crippen LogP contribution in [0.25, 0.3) is 22.4 Å². The quantitative estimate of drug-likeness (QED) is 0.578. The molecule has 0 fully saturated rings. The lowest BCUT2D eigenvalue weighted by molar-refractivity contribution is 0.414. The van der Waals surface area contributed by atoms with E-state index in [0.717, 1.165) is 16.9 Å². The molecule has 0 amide bonds. The number of methoxy groups -OCH3 is 1. The van der Waals surface area contributed by atoms with E-state index in [1.165, 1.54) is 0 Å². The average Bonchev–Trinajstić information content (AvgIpc) is 3.25. The molecule has 0 saturated carbocycles. The molecule has 7 nitrogen and oxygen atoms in total. The Morgan fingerprint density at radius 3 is 2.75 bits per heavy atom. The monoisotopic (exact) mass is 340 g/mol. The number of aromatic amines is 1. The van der Waals surface area contributed by atoms with Crippen molar-refractivity contribution in [3.63, 3.8) is 0 Å². The Morgan fingerprint density at radius 2 is 2.04 bits per heavy atom. The maximum absolute atomic E-state index is 6.26. The van der Waals surface area contributed by atoms with Gasteiger partial charge in [0.05, 0.1) is 31.6 Å². The fourth-order valence-electron chi connectivity index (χ4n) is 2.43. The molecule has 3 aromatic heterocycles. The summed E-state index contributed by atoms with van der Waals surface area (Å²) in [5.74, 6) is 1.34. The summed E-state index contributed by atoms with van der Waals surface area (Å²) < 4.78 is 6.96. The van der Waals surface area contributed by atoms with Crippen molar-refractivity contribution in [3.05, 3.63) is 53.6 Å². The molecule has 0 spiro atoms. The number of hydrogen-bond acceptors (Lipinski definition) is 5. The number of ether oxygens (including phenoxy) is 1. The predicted molar refractivity (Wildman–Crippen MR) is 90.0 cm³/mol. The Kier molecular flexibility index (Phi) is 3.62. The van der Waals surface area contributed by atoms with Crippen molar-refractivity contribution in [2.75, 3.05) is 7.11 Å². The number of fused-ring (bicyclic) bond motifs is 1. The van der Waals surface area contributed by atoms with Gasteiger partial charge >= 0.3 is 0 Å². The van der Waals surface area contributed by atoms with Crippen LogP contribution in [-0.4, -0.2) is 37.1 Å². The van der Waals surface area contributed by atoms with Crippen molar-refractivity contribution < 1.29 is 4.74 Å². The number of hydrogen-bond donors (Lipinski definition) is 1. The van der Waals surface area contributed by atoms with E-state index in [1.807, 2.05) is 30.5 Å². The lowest BCUT2D eigenvalue weighted by atomic mass is 10.2. The van der Waals surface area contributed by atoms with Gasteiger partial charge in [0.1, 0.15) is 16.8 Å². The van der Waals surface area contributed by atoms with Crippen molar-refractivity contribution in [1.82, 2.24) is 29.9 Å². The number of H-pyrrole nitrogens is 1. The van der Waals surface area contributed by atoms with Gasteiger partial charge in [0.25, 0.3) is 0 Å². The standard InChI is InChI=1S/C16H13ClN6O/c1-24-12-4-2-10(3-5-12)8-23-9-13-14(22-23)15(17)21-16(20-13)11-6-18-19-7-11/h2-7,9H,8H2,1H3,(H,18,19). The van der Waals surface area contributed by atoms with E-state index in [0.29, 0.717) is 28.6 Å². The van der Waals surface area contributed by atoms with E-state index in [-0.39, 0.29) is 0 Å². The molecule has 0 atom stereocenters. The van der Waals surface area contributed by atoms with Gasteiger partial charge in [-0.2, -0.15) is 10.2 Å². The summed E-state index contributed by atoms with van der Waals surface area (Å²) in [4.78, 5) is 8.80. The molecule has 0 aliphatic carbocycles. The van der Waals surface area contributed by atoms with Crippen LogP contribution >= 0.6 is 11.6 Å². The Morgan fingerprint density at radius 1 is 1.21 bits per heavy atom. The van der Waals surface area contributed by atoms with Crippen LogP contribution in [0.5, 0.6) is 5.75 Å². The maximum Gasteiger partial charge on any atom is 0.164 e. The van der Waals surface area contributed by atoms with Gasteiger partial charge < -0.3 is 4.74 Å². The molecular formula is C16H13ClN6O. The van der Waals surface area contributed by atoms with Crippen molar-refractivity contribution in [3.8, 4) is 17.1 Å². The second-order valence-electron chi connectivity index (χ2n) is 5.23. The number of halogens is 1. The zero-order chi connectivity index (χ0) is 16.5. The number of nitrogens with one attached hydrogen (secondary N) is 1. The third kappa shape index (κ3) is 2.69. The topological polar surface area (TPSA) is 81.5 Å². The van der Waals surface area contributed by atoms with Crippen LogP contribution in [0.4, 0.5) is 0 Å². The average molecular weight is 341 g/mol. The van der Waals surface area contributed by atoms with Gasteiger partial charge in [-0.25, -0.2) is 9.97 Å². The third-order valence-corrected chi connectivity index (χ3v) is 3.89. The van der Waals surface area contributed by atoms with Gasteiger partial charge in [-0.3, -0.25) is 9.78 Å². The minimum absolute atomic E-state index is 0.324. The predicted octanol–water partition coefficient (Wildman–Crippen LogP) is 2.93. The number of nitrogens with zero attached hydrogens (tertiary/aromatic N) is 5. The highest BCUT2D eigenvalue weighted by Gasteiger charge is 2.12. The molecule has 120 valence electrons. The van der Waals surface area contributed by atoms with Crippen molar-refractivity contribution in [1.29, 1.82) is 0 Å². The second kappa shape index (κ2) is 5.93. The maximum atomic E-state index is 6.26. The Balaban J connectivity index is 1.68. The van der Waals surface area contributed by atoms with Crippen LogP contribution in [0.15, 0.2) is 42.9 Å². The van der Waals surface area contributed by atoms with Crippen molar-refractivity contribution >= 4 is 22.6 Å². The number of rotatable bonds is 4. The summed E-state index contributed by atoms with van der Waals surface area (Å²) in [6.45, 7) is 0.609. The van der Waals surface area contributed by atoms with E-state index in [9.17, 15) is 0 Å². The second-order valence-corrected chi connectivity index (χ2v) is 5.59. The molecule has 3 heterocycles. The number of benzene rings is 1. The number of aromatic nitrogens is 6. The minimum Gasteiger partial charge on any atom is -0.497 e. The molecule has 1 N–H and O–H groups in total. The van der Waals surface area contributed by atoms with E-state index in [1.54, 1.807) is 24.2 Å². The molecule has 0 aliphatic heterocycles. The molecule has 8 heteroatoms. The first-order chi connectivity index (χ1) is 11.7. The fourth-order valence-corrected chi connectivity index (χ4v) is 2.64. The van der Waals surface area contributed by atoms with E-state index < -0.39 is 0 Å². The lowest BCUT2D eigenvalue weighted by Crippen LogP contribution is -1.99. The first-order valence-corrected chi connectivity index (χ1v) is 7.63. The fraction of sp³-hybridized carbons (Fsp3) is 0.125. The summed E-state index contributed by atoms with van der Waals surface area (Å²) in [5, 5.41) is 11.4. The molecule has 0 bridgehead atoms. The van der Waals surface area contributed by atoms with Gasteiger partial charge in [0, 0.05) is 6.20 Å². The van der Waals surface area contributed by atoms with E-state index in [2.05, 4.69) is 25.3 Å². The highest BCUT2D eigenvalue weighted by atomic mass is 35.5. The third-order valence-electron chi connectivity index (χ3n) is 3.63. The first-order valence-electron chi connectivity index (χ1n) is 7.26. The van der Waals surface area contributed by atoms with E-state index in [4.69, 9.17) is 16.3 Å². The van der Waals surface area contributed by atoms with Crippen molar-refractivity contribution in [2.24, 2.45) is 0 Å². The Bertz CT molecular complexity index is 978.